The molecule has 306 valence electrons. The van der Waals surface area contributed by atoms with E-state index in [4.69, 9.17) is 9.26 Å². The van der Waals surface area contributed by atoms with Crippen molar-refractivity contribution < 1.29 is 46.6 Å². The molecule has 0 radical (unpaired) electrons. The normalized spacial score (nSPS) is 27.6. The minimum atomic E-state index is -4.47. The summed E-state index contributed by atoms with van der Waals surface area (Å²) in [7, 11) is -4.47. The molecule has 2 unspecified atom stereocenters. The molecule has 3 aliphatic heterocycles. The topological polar surface area (TPSA) is 163 Å². The van der Waals surface area contributed by atoms with Gasteiger partial charge in [0.2, 0.25) is 23.6 Å². The summed E-state index contributed by atoms with van der Waals surface area (Å²) in [5.41, 5.74) is -0.00167. The number of thiophene rings is 1. The number of benzene rings is 2. The standard InChI is InChI=1S/C40H48F2N5O8PS/c1-4-14-54-40(52)22(2)45-56(53,55-29-8-6-5-7-9-29)36(42)24-10-13-34-27(15-24)19-35(57-34)38(50)43-31-18-26-16-25(26)17-28-11-12-33(47(28)39(31)51)37(49)44-32-21-46(23(3)48)20-30(32)41/h5-10,13,15,19,22,25-26,28,30-33,36H,4,11-12,14,16-18,20-21H2,1-3H3,(H,43,50)(H,44,49)(H,45,53)/t22-,25-,26+,28+,30-,31-,32-,33-,36?,56?/m0/s1. The lowest BCUT2D eigenvalue weighted by molar-refractivity contribution is -0.145. The lowest BCUT2D eigenvalue weighted by atomic mass is 9.99. The number of fused-ring (bicyclic) bond motifs is 3. The molecule has 4 heterocycles. The molecule has 3 N–H and O–H groups in total. The van der Waals surface area contributed by atoms with Gasteiger partial charge in [-0.05, 0) is 98.6 Å². The number of hydrogen-bond acceptors (Lipinski definition) is 9. The van der Waals surface area contributed by atoms with Gasteiger partial charge in [-0.2, -0.15) is 0 Å². The Bertz CT molecular complexity index is 2070. The molecule has 2 aromatic carbocycles. The molecule has 1 aliphatic carbocycles. The maximum absolute atomic E-state index is 16.5. The molecule has 1 saturated carbocycles. The third-order valence-corrected chi connectivity index (χ3v) is 14.6. The number of ether oxygens (including phenoxy) is 1. The molecule has 1 aromatic heterocycles. The van der Waals surface area contributed by atoms with E-state index in [9.17, 15) is 32.9 Å². The molecule has 17 heteroatoms. The molecule has 0 spiro atoms. The molecular weight excluding hydrogens is 780 g/mol. The Morgan fingerprint density at radius 1 is 1.00 bits per heavy atom. The number of para-hydroxylation sites is 1. The van der Waals surface area contributed by atoms with Gasteiger partial charge < -0.3 is 29.7 Å². The van der Waals surface area contributed by atoms with E-state index in [2.05, 4.69) is 15.7 Å². The van der Waals surface area contributed by atoms with E-state index < -0.39 is 61.6 Å². The van der Waals surface area contributed by atoms with Crippen LogP contribution in [0.3, 0.4) is 0 Å². The quantitative estimate of drug-likeness (QED) is 0.146. The number of amides is 4. The lowest BCUT2D eigenvalue weighted by Gasteiger charge is -2.35. The third-order valence-electron chi connectivity index (χ3n) is 11.4. The Labute approximate surface area is 333 Å². The number of carbonyl (C=O) groups is 5. The van der Waals surface area contributed by atoms with Gasteiger partial charge in [0, 0.05) is 24.2 Å². The molecule has 4 amide bonds. The molecule has 7 rings (SSSR count). The Kier molecular flexibility index (Phi) is 12.0. The van der Waals surface area contributed by atoms with Crippen LogP contribution in [-0.2, 0) is 28.5 Å². The summed E-state index contributed by atoms with van der Waals surface area (Å²) in [6.45, 7) is 4.71. The fraction of sp³-hybridized carbons (Fsp3) is 0.525. The highest BCUT2D eigenvalue weighted by Crippen LogP contribution is 2.58. The van der Waals surface area contributed by atoms with Crippen LogP contribution in [-0.4, -0.2) is 95.5 Å². The third kappa shape index (κ3) is 8.87. The van der Waals surface area contributed by atoms with Crippen LogP contribution in [0.25, 0.3) is 10.1 Å². The second-order valence-corrected chi connectivity index (χ2v) is 18.7. The number of likely N-dealkylation sites (tertiary alicyclic amines) is 1. The van der Waals surface area contributed by atoms with Crippen LogP contribution in [0, 0.1) is 11.8 Å². The van der Waals surface area contributed by atoms with Gasteiger partial charge in [-0.1, -0.05) is 31.2 Å². The van der Waals surface area contributed by atoms with E-state index >= 15 is 4.39 Å². The van der Waals surface area contributed by atoms with Crippen LogP contribution in [0.15, 0.2) is 54.6 Å². The molecular formula is C40H48F2N5O8PS. The maximum atomic E-state index is 16.5. The predicted octanol–water partition coefficient (Wildman–Crippen LogP) is 5.65. The molecule has 0 bridgehead atoms. The summed E-state index contributed by atoms with van der Waals surface area (Å²) in [4.78, 5) is 69.3. The monoisotopic (exact) mass is 827 g/mol. The summed E-state index contributed by atoms with van der Waals surface area (Å²) < 4.78 is 57.1. The van der Waals surface area contributed by atoms with Gasteiger partial charge in [0.15, 0.2) is 0 Å². The number of carbonyl (C=O) groups excluding carboxylic acids is 5. The number of halogens is 2. The summed E-state index contributed by atoms with van der Waals surface area (Å²) in [6.07, 6.45) is 2.30. The molecule has 4 aliphatic rings. The van der Waals surface area contributed by atoms with Gasteiger partial charge in [0.05, 0.1) is 24.1 Å². The second kappa shape index (κ2) is 16.8. The van der Waals surface area contributed by atoms with E-state index in [1.165, 1.54) is 43.0 Å². The first-order valence-corrected chi connectivity index (χ1v) is 22.0. The summed E-state index contributed by atoms with van der Waals surface area (Å²) in [5.74, 6) is -3.74. The van der Waals surface area contributed by atoms with Gasteiger partial charge in [-0.3, -0.25) is 28.5 Å². The Morgan fingerprint density at radius 2 is 1.75 bits per heavy atom. The van der Waals surface area contributed by atoms with Crippen LogP contribution in [0.5, 0.6) is 5.75 Å². The van der Waals surface area contributed by atoms with Crippen molar-refractivity contribution in [3.63, 3.8) is 0 Å². The van der Waals surface area contributed by atoms with E-state index in [0.29, 0.717) is 41.7 Å². The number of hydrogen-bond donors (Lipinski definition) is 3. The van der Waals surface area contributed by atoms with Crippen molar-refractivity contribution in [1.82, 2.24) is 25.5 Å². The highest BCUT2D eigenvalue weighted by Gasteiger charge is 2.52. The first-order valence-electron chi connectivity index (χ1n) is 19.5. The van der Waals surface area contributed by atoms with Crippen LogP contribution < -0.4 is 20.2 Å². The van der Waals surface area contributed by atoms with Gasteiger partial charge in [-0.15, -0.1) is 11.3 Å². The van der Waals surface area contributed by atoms with Crippen molar-refractivity contribution in [2.45, 2.75) is 102 Å². The zero-order valence-corrected chi connectivity index (χ0v) is 33.7. The van der Waals surface area contributed by atoms with Crippen molar-refractivity contribution in [1.29, 1.82) is 0 Å². The van der Waals surface area contributed by atoms with Gasteiger partial charge >= 0.3 is 13.5 Å². The SMILES string of the molecule is CCCOC(=O)[C@H](C)NP(=O)(Oc1ccccc1)C(F)c1ccc2sc(C(=O)N[C@H]3C[C@H]4C[C@H]4C[C@H]4CC[C@@H](C(=O)N[C@H]5CN(C(C)=O)C[C@@H]5F)N4C3=O)cc2c1. The van der Waals surface area contributed by atoms with E-state index in [0.717, 1.165) is 24.2 Å². The van der Waals surface area contributed by atoms with Crippen molar-refractivity contribution in [3.05, 3.63) is 65.0 Å². The molecule has 57 heavy (non-hydrogen) atoms. The van der Waals surface area contributed by atoms with E-state index in [-0.39, 0.29) is 59.7 Å². The zero-order chi connectivity index (χ0) is 40.6. The first-order chi connectivity index (χ1) is 27.2. The number of rotatable bonds is 13. The smallest absolute Gasteiger partial charge is 0.355 e. The van der Waals surface area contributed by atoms with Gasteiger partial charge in [-0.25, -0.2) is 13.9 Å². The van der Waals surface area contributed by atoms with Crippen molar-refractivity contribution >= 4 is 58.5 Å². The maximum Gasteiger partial charge on any atom is 0.355 e. The number of esters is 1. The highest BCUT2D eigenvalue weighted by molar-refractivity contribution is 7.57. The minimum absolute atomic E-state index is 0.00167. The van der Waals surface area contributed by atoms with Gasteiger partial charge in [0.1, 0.15) is 30.0 Å². The fourth-order valence-corrected chi connectivity index (χ4v) is 11.1. The predicted molar refractivity (Wildman–Crippen MR) is 209 cm³/mol. The average molecular weight is 828 g/mol. The molecule has 13 nitrogen and oxygen atoms in total. The van der Waals surface area contributed by atoms with Crippen LogP contribution >= 0.6 is 18.9 Å². The van der Waals surface area contributed by atoms with Crippen LogP contribution in [0.2, 0.25) is 0 Å². The van der Waals surface area contributed by atoms with Crippen LogP contribution in [0.1, 0.15) is 80.4 Å². The minimum Gasteiger partial charge on any atom is -0.465 e. The van der Waals surface area contributed by atoms with E-state index in [1.807, 2.05) is 6.92 Å². The Balaban J connectivity index is 1.07. The Hall–Kier alpha value is -4.40. The zero-order valence-electron chi connectivity index (χ0n) is 32.0. The number of alkyl halides is 2. The molecule has 3 saturated heterocycles. The molecule has 3 aromatic rings. The van der Waals surface area contributed by atoms with Crippen molar-refractivity contribution in [2.24, 2.45) is 11.8 Å². The lowest BCUT2D eigenvalue weighted by Crippen LogP contribution is -2.58. The van der Waals surface area contributed by atoms with Crippen LogP contribution in [0.4, 0.5) is 8.78 Å². The number of nitrogens with one attached hydrogen (secondary N) is 3. The first kappa shape index (κ1) is 40.8. The molecule has 4 fully saturated rings. The fourth-order valence-electron chi connectivity index (χ4n) is 8.26. The average Bonchev–Trinajstić information content (AvgIpc) is 3.46. The number of nitrogens with zero attached hydrogens (tertiary/aromatic N) is 2. The van der Waals surface area contributed by atoms with Crippen molar-refractivity contribution in [2.75, 3.05) is 19.7 Å². The largest absolute Gasteiger partial charge is 0.465 e. The second-order valence-electron chi connectivity index (χ2n) is 15.6. The van der Waals surface area contributed by atoms with Crippen molar-refractivity contribution in [3.8, 4) is 5.75 Å². The highest BCUT2D eigenvalue weighted by atomic mass is 32.1. The summed E-state index contributed by atoms with van der Waals surface area (Å²) in [5, 5.41) is 8.75. The van der Waals surface area contributed by atoms with E-state index in [1.54, 1.807) is 35.2 Å². The Morgan fingerprint density at radius 3 is 2.47 bits per heavy atom. The van der Waals surface area contributed by atoms with Gasteiger partial charge in [0.25, 0.3) is 5.91 Å². The summed E-state index contributed by atoms with van der Waals surface area (Å²) >= 11 is 1.15. The molecule has 10 atom stereocenters. The summed E-state index contributed by atoms with van der Waals surface area (Å²) in [6, 6.07) is 10.3.